The molecule has 1 unspecified atom stereocenters. The van der Waals surface area contributed by atoms with Crippen molar-refractivity contribution in [2.45, 2.75) is 33.7 Å². The van der Waals surface area contributed by atoms with Gasteiger partial charge in [0.2, 0.25) is 0 Å². The third kappa shape index (κ3) is 6.27. The summed E-state index contributed by atoms with van der Waals surface area (Å²) < 4.78 is 4.64. The smallest absolute Gasteiger partial charge is 0.310 e. The van der Waals surface area contributed by atoms with Gasteiger partial charge >= 0.3 is 5.97 Å². The molecule has 16 heavy (non-hydrogen) atoms. The molecule has 0 aromatic rings. The van der Waals surface area contributed by atoms with Crippen LogP contribution in [0.5, 0.6) is 0 Å². The van der Waals surface area contributed by atoms with Gasteiger partial charge in [0.1, 0.15) is 0 Å². The van der Waals surface area contributed by atoms with Crippen molar-refractivity contribution >= 4 is 11.9 Å². The molecule has 0 spiro atoms. The monoisotopic (exact) mass is 229 g/mol. The normalized spacial score (nSPS) is 13.5. The Bertz CT molecular complexity index is 239. The van der Waals surface area contributed by atoms with E-state index >= 15 is 0 Å². The third-order valence-electron chi connectivity index (χ3n) is 1.90. The van der Waals surface area contributed by atoms with Gasteiger partial charge < -0.3 is 15.4 Å². The van der Waals surface area contributed by atoms with E-state index < -0.39 is 0 Å². The lowest BCUT2D eigenvalue weighted by molar-refractivity contribution is -0.144. The number of nitrogens with one attached hydrogen (secondary N) is 2. The average Bonchev–Trinajstić information content (AvgIpc) is 2.23. The van der Waals surface area contributed by atoms with Gasteiger partial charge in [0.25, 0.3) is 0 Å². The number of methoxy groups -OCH3 is 1. The maximum Gasteiger partial charge on any atom is 0.310 e. The van der Waals surface area contributed by atoms with Crippen molar-refractivity contribution in [1.82, 2.24) is 10.6 Å². The van der Waals surface area contributed by atoms with Crippen molar-refractivity contribution in [1.29, 1.82) is 0 Å². The Morgan fingerprint density at radius 3 is 2.44 bits per heavy atom. The molecule has 0 saturated carbocycles. The van der Waals surface area contributed by atoms with Crippen LogP contribution in [0.25, 0.3) is 0 Å². The van der Waals surface area contributed by atoms with Crippen molar-refractivity contribution in [2.75, 3.05) is 20.2 Å². The number of hydrogen-bond donors (Lipinski definition) is 2. The summed E-state index contributed by atoms with van der Waals surface area (Å²) in [6.07, 6.45) is 0. The summed E-state index contributed by atoms with van der Waals surface area (Å²) in [6.45, 7) is 9.10. The second kappa shape index (κ2) is 7.96. The summed E-state index contributed by atoms with van der Waals surface area (Å²) >= 11 is 0. The average molecular weight is 229 g/mol. The zero-order valence-corrected chi connectivity index (χ0v) is 10.8. The van der Waals surface area contributed by atoms with Gasteiger partial charge in [-0.2, -0.15) is 0 Å². The topological polar surface area (TPSA) is 62.7 Å². The molecule has 94 valence electrons. The molecule has 5 nitrogen and oxygen atoms in total. The second-order valence-electron chi connectivity index (χ2n) is 3.94. The first-order valence-corrected chi connectivity index (χ1v) is 5.63. The van der Waals surface area contributed by atoms with Gasteiger partial charge in [-0.15, -0.1) is 0 Å². The Kier molecular flexibility index (Phi) is 7.33. The van der Waals surface area contributed by atoms with E-state index in [1.165, 1.54) is 7.11 Å². The van der Waals surface area contributed by atoms with Gasteiger partial charge in [0, 0.05) is 12.6 Å². The molecule has 0 aromatic heterocycles. The predicted octanol–water partition coefficient (Wildman–Crippen LogP) is 0.759. The molecular weight excluding hydrogens is 206 g/mol. The summed E-state index contributed by atoms with van der Waals surface area (Å²) in [5.74, 6) is 0.282. The lowest BCUT2D eigenvalue weighted by Crippen LogP contribution is -2.41. The number of guanidine groups is 1. The molecule has 0 aliphatic heterocycles. The van der Waals surface area contributed by atoms with E-state index in [4.69, 9.17) is 0 Å². The van der Waals surface area contributed by atoms with Crippen LogP contribution in [0.4, 0.5) is 0 Å². The van der Waals surface area contributed by atoms with Crippen molar-refractivity contribution in [2.24, 2.45) is 10.9 Å². The third-order valence-corrected chi connectivity index (χ3v) is 1.90. The molecule has 0 rings (SSSR count). The number of aliphatic imine (C=N–C) groups is 1. The molecule has 0 aromatic carbocycles. The van der Waals surface area contributed by atoms with Crippen molar-refractivity contribution in [3.63, 3.8) is 0 Å². The fourth-order valence-electron chi connectivity index (χ4n) is 1.10. The standard InChI is InChI=1S/C11H23N3O2/c1-6-12-11(14-8(2)3)13-7-9(4)10(15)16-5/h8-9H,6-7H2,1-5H3,(H2,12,13,14). The van der Waals surface area contributed by atoms with E-state index in [1.54, 1.807) is 6.92 Å². The minimum Gasteiger partial charge on any atom is -0.469 e. The zero-order chi connectivity index (χ0) is 12.6. The van der Waals surface area contributed by atoms with Crippen LogP contribution in [0, 0.1) is 5.92 Å². The molecule has 0 aliphatic carbocycles. The molecule has 0 amide bonds. The van der Waals surface area contributed by atoms with Gasteiger partial charge in [-0.05, 0) is 20.8 Å². The van der Waals surface area contributed by atoms with Crippen LogP contribution in [0.15, 0.2) is 4.99 Å². The van der Waals surface area contributed by atoms with Gasteiger partial charge in [-0.3, -0.25) is 9.79 Å². The quantitative estimate of drug-likeness (QED) is 0.415. The maximum absolute atomic E-state index is 11.2. The Labute approximate surface area is 97.7 Å². The highest BCUT2D eigenvalue weighted by Crippen LogP contribution is 1.98. The Morgan fingerprint density at radius 2 is 2.00 bits per heavy atom. The van der Waals surface area contributed by atoms with Crippen LogP contribution in [-0.2, 0) is 9.53 Å². The molecule has 5 heteroatoms. The van der Waals surface area contributed by atoms with Crippen molar-refractivity contribution in [3.05, 3.63) is 0 Å². The van der Waals surface area contributed by atoms with E-state index in [1.807, 2.05) is 20.8 Å². The summed E-state index contributed by atoms with van der Waals surface area (Å²) in [7, 11) is 1.39. The number of carbonyl (C=O) groups excluding carboxylic acids is 1. The van der Waals surface area contributed by atoms with E-state index in [0.29, 0.717) is 12.6 Å². The molecular formula is C11H23N3O2. The highest BCUT2D eigenvalue weighted by molar-refractivity contribution is 5.80. The highest BCUT2D eigenvalue weighted by Gasteiger charge is 2.12. The molecule has 1 atom stereocenters. The van der Waals surface area contributed by atoms with Crippen molar-refractivity contribution in [3.8, 4) is 0 Å². The Morgan fingerprint density at radius 1 is 1.38 bits per heavy atom. The van der Waals surface area contributed by atoms with Gasteiger partial charge in [0.05, 0.1) is 19.6 Å². The maximum atomic E-state index is 11.2. The summed E-state index contributed by atoms with van der Waals surface area (Å²) in [5, 5.41) is 6.29. The zero-order valence-electron chi connectivity index (χ0n) is 10.8. The van der Waals surface area contributed by atoms with Crippen LogP contribution in [-0.4, -0.2) is 38.2 Å². The number of esters is 1. The van der Waals surface area contributed by atoms with E-state index in [2.05, 4.69) is 20.4 Å². The summed E-state index contributed by atoms with van der Waals surface area (Å²) in [4.78, 5) is 15.5. The van der Waals surface area contributed by atoms with E-state index in [0.717, 1.165) is 12.5 Å². The number of ether oxygens (including phenoxy) is 1. The first kappa shape index (κ1) is 14.7. The fourth-order valence-corrected chi connectivity index (χ4v) is 1.10. The van der Waals surface area contributed by atoms with Crippen LogP contribution in [0.3, 0.4) is 0 Å². The van der Waals surface area contributed by atoms with Crippen LogP contribution < -0.4 is 10.6 Å². The summed E-state index contributed by atoms with van der Waals surface area (Å²) in [6, 6.07) is 0.311. The molecule has 0 saturated heterocycles. The fraction of sp³-hybridized carbons (Fsp3) is 0.818. The summed E-state index contributed by atoms with van der Waals surface area (Å²) in [5.41, 5.74) is 0. The number of carbonyl (C=O) groups is 1. The molecule has 0 heterocycles. The largest absolute Gasteiger partial charge is 0.469 e. The van der Waals surface area contributed by atoms with Gasteiger partial charge in [-0.25, -0.2) is 0 Å². The number of hydrogen-bond acceptors (Lipinski definition) is 3. The van der Waals surface area contributed by atoms with Gasteiger partial charge in [0.15, 0.2) is 5.96 Å². The first-order chi connectivity index (χ1) is 7.51. The number of nitrogens with zero attached hydrogens (tertiary/aromatic N) is 1. The molecule has 0 radical (unpaired) electrons. The van der Waals surface area contributed by atoms with Crippen LogP contribution in [0.1, 0.15) is 27.7 Å². The van der Waals surface area contributed by atoms with E-state index in [-0.39, 0.29) is 11.9 Å². The predicted molar refractivity (Wildman–Crippen MR) is 65.4 cm³/mol. The van der Waals surface area contributed by atoms with Gasteiger partial charge in [-0.1, -0.05) is 6.92 Å². The molecule has 0 fully saturated rings. The molecule has 0 aliphatic rings. The molecule has 0 bridgehead atoms. The lowest BCUT2D eigenvalue weighted by atomic mass is 10.2. The number of rotatable bonds is 5. The van der Waals surface area contributed by atoms with E-state index in [9.17, 15) is 4.79 Å². The second-order valence-corrected chi connectivity index (χ2v) is 3.94. The Balaban J connectivity index is 4.26. The SMILES string of the molecule is CCNC(=NCC(C)C(=O)OC)NC(C)C. The minimum atomic E-state index is -0.232. The Hall–Kier alpha value is -1.26. The lowest BCUT2D eigenvalue weighted by Gasteiger charge is -2.14. The minimum absolute atomic E-state index is 0.215. The first-order valence-electron chi connectivity index (χ1n) is 5.63. The molecule has 2 N–H and O–H groups in total. The van der Waals surface area contributed by atoms with Crippen molar-refractivity contribution < 1.29 is 9.53 Å². The highest BCUT2D eigenvalue weighted by atomic mass is 16.5. The van der Waals surface area contributed by atoms with Crippen LogP contribution in [0.2, 0.25) is 0 Å². The van der Waals surface area contributed by atoms with Crippen LogP contribution >= 0.6 is 0 Å².